The zero-order valence-electron chi connectivity index (χ0n) is 12.8. The Morgan fingerprint density at radius 2 is 2.12 bits per heavy atom. The fourth-order valence-corrected chi connectivity index (χ4v) is 1.95. The molecule has 0 saturated carbocycles. The van der Waals surface area contributed by atoms with E-state index in [9.17, 15) is 18.0 Å². The van der Waals surface area contributed by atoms with Crippen molar-refractivity contribution in [2.45, 2.75) is 19.0 Å². The van der Waals surface area contributed by atoms with E-state index in [1.165, 1.54) is 19.4 Å². The quantitative estimate of drug-likeness (QED) is 0.810. The molecule has 0 bridgehead atoms. The highest BCUT2D eigenvalue weighted by Crippen LogP contribution is 2.30. The maximum absolute atomic E-state index is 12.2. The summed E-state index contributed by atoms with van der Waals surface area (Å²) in [5.41, 5.74) is 1.31. The monoisotopic (exact) mass is 343 g/mol. The molecule has 2 aromatic rings. The topological polar surface area (TPSA) is 76.2 Å². The van der Waals surface area contributed by atoms with Gasteiger partial charge in [0.2, 0.25) is 5.91 Å². The van der Waals surface area contributed by atoms with Crippen molar-refractivity contribution >= 4 is 11.6 Å². The van der Waals surface area contributed by atoms with Gasteiger partial charge in [-0.15, -0.1) is 0 Å². The van der Waals surface area contributed by atoms with Gasteiger partial charge in [0.15, 0.2) is 18.1 Å². The lowest BCUT2D eigenvalue weighted by Gasteiger charge is -2.13. The van der Waals surface area contributed by atoms with Gasteiger partial charge in [0, 0.05) is 12.6 Å². The van der Waals surface area contributed by atoms with Crippen molar-refractivity contribution in [3.63, 3.8) is 0 Å². The number of carbonyl (C=O) groups is 1. The Hall–Kier alpha value is -2.71. The number of aromatic amines is 1. The number of halogens is 3. The lowest BCUT2D eigenvalue weighted by atomic mass is 10.1. The lowest BCUT2D eigenvalue weighted by Crippen LogP contribution is -2.19. The summed E-state index contributed by atoms with van der Waals surface area (Å²) in [6.45, 7) is -1.39. The number of amides is 1. The van der Waals surface area contributed by atoms with Crippen LogP contribution in [0.5, 0.6) is 11.5 Å². The molecule has 2 rings (SSSR count). The van der Waals surface area contributed by atoms with Gasteiger partial charge in [0.25, 0.3) is 0 Å². The first kappa shape index (κ1) is 17.6. The normalized spacial score (nSPS) is 11.2. The predicted molar refractivity (Wildman–Crippen MR) is 80.1 cm³/mol. The van der Waals surface area contributed by atoms with E-state index in [-0.39, 0.29) is 23.8 Å². The minimum atomic E-state index is -4.42. The third-order valence-corrected chi connectivity index (χ3v) is 3.04. The average Bonchev–Trinajstić information content (AvgIpc) is 3.03. The van der Waals surface area contributed by atoms with Crippen LogP contribution >= 0.6 is 0 Å². The first-order valence-corrected chi connectivity index (χ1v) is 7.02. The van der Waals surface area contributed by atoms with Gasteiger partial charge < -0.3 is 14.8 Å². The Kier molecular flexibility index (Phi) is 5.67. The molecule has 0 unspecified atom stereocenters. The van der Waals surface area contributed by atoms with Crippen LogP contribution in [0.2, 0.25) is 0 Å². The number of nitrogens with one attached hydrogen (secondary N) is 2. The summed E-state index contributed by atoms with van der Waals surface area (Å²) < 4.78 is 46.4. The van der Waals surface area contributed by atoms with Crippen LogP contribution in [-0.4, -0.2) is 36.0 Å². The van der Waals surface area contributed by atoms with Crippen LogP contribution in [0.1, 0.15) is 12.0 Å². The number of rotatable bonds is 7. The maximum atomic E-state index is 12.2. The van der Waals surface area contributed by atoms with Crippen molar-refractivity contribution in [1.29, 1.82) is 0 Å². The summed E-state index contributed by atoms with van der Waals surface area (Å²) in [6, 6.07) is 4.55. The number of anilines is 1. The van der Waals surface area contributed by atoms with E-state index in [4.69, 9.17) is 9.47 Å². The highest BCUT2D eigenvalue weighted by Gasteiger charge is 2.29. The molecule has 24 heavy (non-hydrogen) atoms. The van der Waals surface area contributed by atoms with Crippen LogP contribution in [0, 0.1) is 0 Å². The number of alkyl halides is 3. The van der Waals surface area contributed by atoms with Crippen molar-refractivity contribution in [1.82, 2.24) is 10.2 Å². The molecule has 0 spiro atoms. The molecular formula is C15H16F3N3O3. The number of hydrogen-bond donors (Lipinski definition) is 2. The number of aromatic nitrogens is 2. The van der Waals surface area contributed by atoms with E-state index < -0.39 is 12.8 Å². The molecule has 0 aliphatic carbocycles. The maximum Gasteiger partial charge on any atom is 0.422 e. The summed E-state index contributed by atoms with van der Waals surface area (Å²) in [5, 5.41) is 8.94. The van der Waals surface area contributed by atoms with Gasteiger partial charge in [0.1, 0.15) is 0 Å². The molecule has 0 radical (unpaired) electrons. The van der Waals surface area contributed by atoms with Crippen molar-refractivity contribution in [3.8, 4) is 11.5 Å². The van der Waals surface area contributed by atoms with Gasteiger partial charge in [-0.2, -0.15) is 18.3 Å². The van der Waals surface area contributed by atoms with Gasteiger partial charge in [-0.05, 0) is 24.1 Å². The van der Waals surface area contributed by atoms with Crippen LogP contribution in [0.3, 0.4) is 0 Å². The third-order valence-electron chi connectivity index (χ3n) is 3.04. The highest BCUT2D eigenvalue weighted by molar-refractivity contribution is 5.90. The Labute approximate surface area is 136 Å². The van der Waals surface area contributed by atoms with Crippen LogP contribution in [0.15, 0.2) is 30.6 Å². The summed E-state index contributed by atoms with van der Waals surface area (Å²) >= 11 is 0. The fraction of sp³-hybridized carbons (Fsp3) is 0.333. The third kappa shape index (κ3) is 5.49. The zero-order valence-corrected chi connectivity index (χ0v) is 12.8. The number of methoxy groups -OCH3 is 1. The van der Waals surface area contributed by atoms with Gasteiger partial charge in [-0.1, -0.05) is 6.07 Å². The Balaban J connectivity index is 1.92. The Morgan fingerprint density at radius 1 is 1.33 bits per heavy atom. The molecule has 1 amide bonds. The number of ether oxygens (including phenoxy) is 2. The smallest absolute Gasteiger partial charge is 0.422 e. The number of hydrogen-bond acceptors (Lipinski definition) is 4. The summed E-state index contributed by atoms with van der Waals surface area (Å²) in [7, 11) is 1.34. The molecule has 0 aliphatic rings. The molecule has 130 valence electrons. The van der Waals surface area contributed by atoms with Gasteiger partial charge in [-0.3, -0.25) is 9.89 Å². The van der Waals surface area contributed by atoms with Crippen LogP contribution in [0.4, 0.5) is 18.9 Å². The van der Waals surface area contributed by atoms with Gasteiger partial charge >= 0.3 is 6.18 Å². The summed E-state index contributed by atoms with van der Waals surface area (Å²) in [5.74, 6) is -0.0128. The minimum Gasteiger partial charge on any atom is -0.493 e. The van der Waals surface area contributed by atoms with E-state index in [0.717, 1.165) is 5.56 Å². The molecule has 1 heterocycles. The van der Waals surface area contributed by atoms with Crippen LogP contribution < -0.4 is 14.8 Å². The average molecular weight is 343 g/mol. The van der Waals surface area contributed by atoms with Crippen LogP contribution in [-0.2, 0) is 11.2 Å². The molecule has 2 N–H and O–H groups in total. The molecule has 9 heteroatoms. The van der Waals surface area contributed by atoms with E-state index >= 15 is 0 Å². The van der Waals surface area contributed by atoms with Crippen LogP contribution in [0.25, 0.3) is 0 Å². The number of benzene rings is 1. The van der Waals surface area contributed by atoms with Gasteiger partial charge in [-0.25, -0.2) is 0 Å². The summed E-state index contributed by atoms with van der Waals surface area (Å²) in [6.07, 6.45) is -0.785. The second-order valence-corrected chi connectivity index (χ2v) is 4.92. The van der Waals surface area contributed by atoms with E-state index in [1.54, 1.807) is 18.3 Å². The van der Waals surface area contributed by atoms with E-state index in [2.05, 4.69) is 15.5 Å². The molecular weight excluding hydrogens is 327 g/mol. The minimum absolute atomic E-state index is 0.00132. The first-order valence-electron chi connectivity index (χ1n) is 7.02. The first-order chi connectivity index (χ1) is 11.4. The Morgan fingerprint density at radius 3 is 2.75 bits per heavy atom. The SMILES string of the molecule is COc1cc(CCC(=O)Nc2cn[nH]c2)ccc1OCC(F)(F)F. The second-order valence-electron chi connectivity index (χ2n) is 4.92. The Bertz CT molecular complexity index is 672. The molecule has 0 fully saturated rings. The van der Waals surface area contributed by atoms with E-state index in [0.29, 0.717) is 12.1 Å². The van der Waals surface area contributed by atoms with Gasteiger partial charge in [0.05, 0.1) is 19.0 Å². The number of H-pyrrole nitrogens is 1. The molecule has 6 nitrogen and oxygen atoms in total. The zero-order chi connectivity index (χ0) is 17.6. The second kappa shape index (κ2) is 7.71. The molecule has 1 aromatic heterocycles. The number of aryl methyl sites for hydroxylation is 1. The standard InChI is InChI=1S/C15H16F3N3O3/c1-23-13-6-10(2-4-12(13)24-9-15(16,17)18)3-5-14(22)21-11-7-19-20-8-11/h2,4,6-8H,3,5,9H2,1H3,(H,19,20)(H,21,22). The molecule has 0 atom stereocenters. The van der Waals surface area contributed by atoms with Crippen molar-refractivity contribution in [2.75, 3.05) is 19.0 Å². The molecule has 1 aromatic carbocycles. The largest absolute Gasteiger partial charge is 0.493 e. The van der Waals surface area contributed by atoms with E-state index in [1.807, 2.05) is 0 Å². The highest BCUT2D eigenvalue weighted by atomic mass is 19.4. The van der Waals surface area contributed by atoms with Crippen molar-refractivity contribution < 1.29 is 27.4 Å². The predicted octanol–water partition coefficient (Wildman–Crippen LogP) is 2.93. The number of nitrogens with zero attached hydrogens (tertiary/aromatic N) is 1. The van der Waals surface area contributed by atoms with Crippen molar-refractivity contribution in [2.24, 2.45) is 0 Å². The lowest BCUT2D eigenvalue weighted by molar-refractivity contribution is -0.153. The molecule has 0 aliphatic heterocycles. The van der Waals surface area contributed by atoms with Crippen molar-refractivity contribution in [3.05, 3.63) is 36.2 Å². The summed E-state index contributed by atoms with van der Waals surface area (Å²) in [4.78, 5) is 11.8. The fourth-order valence-electron chi connectivity index (χ4n) is 1.95. The molecule has 0 saturated heterocycles. The number of carbonyl (C=O) groups excluding carboxylic acids is 1.